The van der Waals surface area contributed by atoms with Gasteiger partial charge in [0.15, 0.2) is 0 Å². The maximum Gasteiger partial charge on any atom is 0.225 e. The van der Waals surface area contributed by atoms with E-state index in [1.807, 2.05) is 18.5 Å². The molecule has 0 bridgehead atoms. The summed E-state index contributed by atoms with van der Waals surface area (Å²) in [5.41, 5.74) is 4.70. The van der Waals surface area contributed by atoms with Crippen molar-refractivity contribution in [3.8, 4) is 11.3 Å². The third-order valence-electron chi connectivity index (χ3n) is 6.14. The summed E-state index contributed by atoms with van der Waals surface area (Å²) in [6, 6.07) is 12.8. The van der Waals surface area contributed by atoms with E-state index in [1.165, 1.54) is 36.9 Å². The molecule has 0 radical (unpaired) electrons. The van der Waals surface area contributed by atoms with Gasteiger partial charge in [-0.1, -0.05) is 30.3 Å². The van der Waals surface area contributed by atoms with Crippen LogP contribution in [0, 0.1) is 0 Å². The van der Waals surface area contributed by atoms with Crippen LogP contribution in [0.1, 0.15) is 42.9 Å². The van der Waals surface area contributed by atoms with E-state index in [-0.39, 0.29) is 0 Å². The molecule has 0 amide bonds. The minimum absolute atomic E-state index is 0.454. The molecular formula is C23H28N6. The smallest absolute Gasteiger partial charge is 0.225 e. The molecule has 2 aromatic heterocycles. The van der Waals surface area contributed by atoms with Crippen LogP contribution in [-0.4, -0.2) is 51.2 Å². The minimum Gasteiger partial charge on any atom is -0.341 e. The van der Waals surface area contributed by atoms with Crippen LogP contribution in [0.25, 0.3) is 11.3 Å². The van der Waals surface area contributed by atoms with Gasteiger partial charge in [0.25, 0.3) is 0 Å². The van der Waals surface area contributed by atoms with Crippen molar-refractivity contribution < 1.29 is 0 Å². The first-order valence-electron chi connectivity index (χ1n) is 10.7. The largest absolute Gasteiger partial charge is 0.341 e. The Morgan fingerprint density at radius 2 is 1.86 bits per heavy atom. The van der Waals surface area contributed by atoms with Gasteiger partial charge in [0, 0.05) is 49.6 Å². The van der Waals surface area contributed by atoms with Gasteiger partial charge in [-0.05, 0) is 43.9 Å². The second-order valence-corrected chi connectivity index (χ2v) is 8.19. The second kappa shape index (κ2) is 8.33. The van der Waals surface area contributed by atoms with Gasteiger partial charge >= 0.3 is 0 Å². The molecule has 2 aliphatic rings. The molecule has 2 fully saturated rings. The van der Waals surface area contributed by atoms with Crippen LogP contribution in [0.3, 0.4) is 0 Å². The van der Waals surface area contributed by atoms with Crippen molar-refractivity contribution in [1.82, 2.24) is 25.1 Å². The van der Waals surface area contributed by atoms with E-state index >= 15 is 0 Å². The minimum atomic E-state index is 0.454. The SMILES string of the molecule is c1ccc(CN2CCC[C@H](c3[nH]ncc3-c3ccnc(N4CCCC4)n3)C2)cc1. The summed E-state index contributed by atoms with van der Waals surface area (Å²) in [5.74, 6) is 1.30. The van der Waals surface area contributed by atoms with Gasteiger partial charge in [0.05, 0.1) is 11.9 Å². The summed E-state index contributed by atoms with van der Waals surface area (Å²) in [4.78, 5) is 14.2. The molecule has 5 rings (SSSR count). The van der Waals surface area contributed by atoms with Crippen LogP contribution in [0.4, 0.5) is 5.95 Å². The number of piperidine rings is 1. The number of H-pyrrole nitrogens is 1. The number of anilines is 1. The molecule has 2 saturated heterocycles. The first-order chi connectivity index (χ1) is 14.4. The van der Waals surface area contributed by atoms with Gasteiger partial charge in [0.2, 0.25) is 5.95 Å². The fourth-order valence-electron chi connectivity index (χ4n) is 4.66. The molecule has 6 nitrogen and oxygen atoms in total. The van der Waals surface area contributed by atoms with E-state index in [0.717, 1.165) is 49.9 Å². The Kier molecular flexibility index (Phi) is 5.26. The lowest BCUT2D eigenvalue weighted by molar-refractivity contribution is 0.198. The number of likely N-dealkylation sites (tertiary alicyclic amines) is 1. The van der Waals surface area contributed by atoms with Crippen molar-refractivity contribution in [1.29, 1.82) is 0 Å². The van der Waals surface area contributed by atoms with Crippen LogP contribution in [0.2, 0.25) is 0 Å². The van der Waals surface area contributed by atoms with Gasteiger partial charge in [-0.25, -0.2) is 9.97 Å². The first kappa shape index (κ1) is 18.3. The third kappa shape index (κ3) is 4.03. The molecule has 4 heterocycles. The predicted molar refractivity (Wildman–Crippen MR) is 115 cm³/mol. The predicted octanol–water partition coefficient (Wildman–Crippen LogP) is 3.85. The Hall–Kier alpha value is -2.73. The molecule has 1 aromatic carbocycles. The molecule has 1 N–H and O–H groups in total. The van der Waals surface area contributed by atoms with Gasteiger partial charge in [-0.2, -0.15) is 5.10 Å². The fraction of sp³-hybridized carbons (Fsp3) is 0.435. The number of benzene rings is 1. The number of nitrogens with zero attached hydrogens (tertiary/aromatic N) is 5. The average Bonchev–Trinajstić information content (AvgIpc) is 3.47. The standard InChI is InChI=1S/C23H28N6/c1-2-7-18(8-3-1)16-28-12-6-9-19(17-28)22-20(15-25-27-22)21-10-11-24-23(26-21)29-13-4-5-14-29/h1-3,7-8,10-11,15,19H,4-6,9,12-14,16-17H2,(H,25,27)/t19-/m0/s1. The van der Waals surface area contributed by atoms with Crippen molar-refractivity contribution in [2.75, 3.05) is 31.1 Å². The highest BCUT2D eigenvalue weighted by Crippen LogP contribution is 2.33. The topological polar surface area (TPSA) is 60.9 Å². The summed E-state index contributed by atoms with van der Waals surface area (Å²) in [6.45, 7) is 5.32. The summed E-state index contributed by atoms with van der Waals surface area (Å²) in [6.07, 6.45) is 8.66. The molecule has 0 saturated carbocycles. The zero-order valence-electron chi connectivity index (χ0n) is 16.8. The average molecular weight is 389 g/mol. The third-order valence-corrected chi connectivity index (χ3v) is 6.14. The molecule has 1 atom stereocenters. The Morgan fingerprint density at radius 1 is 1.00 bits per heavy atom. The zero-order chi connectivity index (χ0) is 19.5. The lowest BCUT2D eigenvalue weighted by Gasteiger charge is -2.32. The van der Waals surface area contributed by atoms with Crippen LogP contribution in [0.15, 0.2) is 48.8 Å². The second-order valence-electron chi connectivity index (χ2n) is 8.19. The molecule has 6 heteroatoms. The van der Waals surface area contributed by atoms with E-state index in [4.69, 9.17) is 4.98 Å². The quantitative estimate of drug-likeness (QED) is 0.719. The highest BCUT2D eigenvalue weighted by molar-refractivity contribution is 5.63. The number of hydrogen-bond acceptors (Lipinski definition) is 5. The van der Waals surface area contributed by atoms with Gasteiger partial charge in [-0.3, -0.25) is 10.00 Å². The molecule has 0 aliphatic carbocycles. The molecule has 29 heavy (non-hydrogen) atoms. The lowest BCUT2D eigenvalue weighted by atomic mass is 9.91. The van der Waals surface area contributed by atoms with Crippen molar-refractivity contribution in [2.45, 2.75) is 38.1 Å². The summed E-state index contributed by atoms with van der Waals surface area (Å²) in [5, 5.41) is 7.69. The summed E-state index contributed by atoms with van der Waals surface area (Å²) in [7, 11) is 0. The Bertz CT molecular complexity index is 931. The van der Waals surface area contributed by atoms with Crippen molar-refractivity contribution in [3.63, 3.8) is 0 Å². The molecular weight excluding hydrogens is 360 g/mol. The normalized spacial score (nSPS) is 20.3. The van der Waals surface area contributed by atoms with Crippen LogP contribution < -0.4 is 4.90 Å². The van der Waals surface area contributed by atoms with Crippen LogP contribution in [-0.2, 0) is 6.54 Å². The van der Waals surface area contributed by atoms with Gasteiger partial charge in [-0.15, -0.1) is 0 Å². The molecule has 3 aromatic rings. The van der Waals surface area contributed by atoms with Crippen LogP contribution in [0.5, 0.6) is 0 Å². The maximum atomic E-state index is 4.88. The van der Waals surface area contributed by atoms with E-state index in [1.54, 1.807) is 0 Å². The highest BCUT2D eigenvalue weighted by atomic mass is 15.3. The van der Waals surface area contributed by atoms with Crippen molar-refractivity contribution >= 4 is 5.95 Å². The number of aromatic amines is 1. The number of aromatic nitrogens is 4. The van der Waals surface area contributed by atoms with Crippen molar-refractivity contribution in [3.05, 3.63) is 60.0 Å². The molecule has 150 valence electrons. The number of rotatable bonds is 5. The Labute approximate surface area is 172 Å². The highest BCUT2D eigenvalue weighted by Gasteiger charge is 2.26. The van der Waals surface area contributed by atoms with E-state index in [9.17, 15) is 0 Å². The monoisotopic (exact) mass is 388 g/mol. The Morgan fingerprint density at radius 3 is 2.72 bits per heavy atom. The number of hydrogen-bond donors (Lipinski definition) is 1. The van der Waals surface area contributed by atoms with Crippen molar-refractivity contribution in [2.24, 2.45) is 0 Å². The summed E-state index contributed by atoms with van der Waals surface area (Å²) < 4.78 is 0. The maximum absolute atomic E-state index is 4.88. The molecule has 0 unspecified atom stereocenters. The van der Waals surface area contributed by atoms with E-state index in [0.29, 0.717) is 5.92 Å². The van der Waals surface area contributed by atoms with E-state index < -0.39 is 0 Å². The molecule has 0 spiro atoms. The Balaban J connectivity index is 1.35. The van der Waals surface area contributed by atoms with Crippen LogP contribution >= 0.6 is 0 Å². The van der Waals surface area contributed by atoms with Gasteiger partial charge < -0.3 is 4.90 Å². The van der Waals surface area contributed by atoms with Gasteiger partial charge in [0.1, 0.15) is 0 Å². The summed E-state index contributed by atoms with van der Waals surface area (Å²) >= 11 is 0. The number of nitrogens with one attached hydrogen (secondary N) is 1. The zero-order valence-corrected chi connectivity index (χ0v) is 16.8. The lowest BCUT2D eigenvalue weighted by Crippen LogP contribution is -2.34. The fourth-order valence-corrected chi connectivity index (χ4v) is 4.66. The molecule has 2 aliphatic heterocycles. The van der Waals surface area contributed by atoms with E-state index in [2.05, 4.69) is 55.3 Å². The first-order valence-corrected chi connectivity index (χ1v) is 10.7.